The molecule has 0 aliphatic carbocycles. The number of aromatic nitrogens is 2. The molecular formula is C48H59N9O8. The molecule has 3 aliphatic rings. The van der Waals surface area contributed by atoms with Crippen molar-refractivity contribution in [3.63, 3.8) is 0 Å². The van der Waals surface area contributed by atoms with E-state index in [0.717, 1.165) is 47.9 Å². The van der Waals surface area contributed by atoms with Gasteiger partial charge in [-0.15, -0.1) is 0 Å². The minimum atomic E-state index is -1.11. The highest BCUT2D eigenvalue weighted by atomic mass is 16.2. The topological polar surface area (TPSA) is 241 Å². The van der Waals surface area contributed by atoms with E-state index >= 15 is 0 Å². The van der Waals surface area contributed by atoms with Crippen molar-refractivity contribution < 1.29 is 33.6 Å². The number of nitrogens with two attached hydrogens (primary N) is 2. The number of nitrogens with zero attached hydrogens (tertiary/aromatic N) is 4. The van der Waals surface area contributed by atoms with Crippen LogP contribution in [0.15, 0.2) is 83.7 Å². The van der Waals surface area contributed by atoms with Gasteiger partial charge in [0.05, 0.1) is 17.1 Å². The fraction of sp³-hybridized carbons (Fsp3) is 0.458. The zero-order valence-electron chi connectivity index (χ0n) is 36.8. The Balaban J connectivity index is 0.895. The molecule has 17 nitrogen and oxygen atoms in total. The molecule has 4 heterocycles. The Bertz CT molecular complexity index is 2430. The van der Waals surface area contributed by atoms with Crippen LogP contribution >= 0.6 is 0 Å². The van der Waals surface area contributed by atoms with E-state index in [0.29, 0.717) is 44.2 Å². The smallest absolute Gasteiger partial charge is 0.329 e. The number of hydrogen-bond acceptors (Lipinski definition) is 9. The lowest BCUT2D eigenvalue weighted by atomic mass is 9.98. The van der Waals surface area contributed by atoms with Gasteiger partial charge in [0.15, 0.2) is 0 Å². The second-order valence-corrected chi connectivity index (χ2v) is 17.5. The number of piperidine rings is 1. The number of fused-ring (bicyclic) bond motifs is 2. The molecule has 5 atom stereocenters. The summed E-state index contributed by atoms with van der Waals surface area (Å²) in [7, 11) is 1.67. The van der Waals surface area contributed by atoms with Gasteiger partial charge in [-0.05, 0) is 80.2 Å². The second-order valence-electron chi connectivity index (χ2n) is 17.5. The Morgan fingerprint density at radius 2 is 1.49 bits per heavy atom. The summed E-state index contributed by atoms with van der Waals surface area (Å²) in [4.78, 5) is 108. The van der Waals surface area contributed by atoms with Gasteiger partial charge in [0.2, 0.25) is 41.4 Å². The summed E-state index contributed by atoms with van der Waals surface area (Å²) in [5.74, 6) is -2.94. The lowest BCUT2D eigenvalue weighted by Crippen LogP contribution is -2.60. The maximum Gasteiger partial charge on any atom is 0.329 e. The third-order valence-electron chi connectivity index (χ3n) is 13.0. The van der Waals surface area contributed by atoms with Crippen LogP contribution in [0.2, 0.25) is 0 Å². The molecule has 1 unspecified atom stereocenters. The Hall–Kier alpha value is -6.62. The van der Waals surface area contributed by atoms with Crippen LogP contribution in [0, 0.1) is 0 Å². The van der Waals surface area contributed by atoms with Crippen molar-refractivity contribution in [2.45, 2.75) is 120 Å². The summed E-state index contributed by atoms with van der Waals surface area (Å²) >= 11 is 0. The SMILES string of the molecule is Cn1c(=O)n(C2CCC(=O)NC2=O)c2ccc(CCCCCCC(=O)N3CC[C@H]4CC[C@@H](C(=O)N[C@@H](CCC(N)=O)C(=O)NC(c5ccccc5)c5ccccc5)N4C(=O)[C@@H](N)C3)cc21. The van der Waals surface area contributed by atoms with Crippen LogP contribution in [0.1, 0.15) is 106 Å². The summed E-state index contributed by atoms with van der Waals surface area (Å²) in [5, 5.41) is 8.22. The van der Waals surface area contributed by atoms with Gasteiger partial charge >= 0.3 is 5.69 Å². The molecule has 3 saturated heterocycles. The van der Waals surface area contributed by atoms with Crippen molar-refractivity contribution in [3.8, 4) is 0 Å². The fourth-order valence-electron chi connectivity index (χ4n) is 9.51. The van der Waals surface area contributed by atoms with E-state index in [4.69, 9.17) is 11.5 Å². The Morgan fingerprint density at radius 1 is 0.800 bits per heavy atom. The van der Waals surface area contributed by atoms with Crippen molar-refractivity contribution in [1.82, 2.24) is 34.9 Å². The molecule has 7 N–H and O–H groups in total. The Labute approximate surface area is 377 Å². The van der Waals surface area contributed by atoms with Crippen molar-refractivity contribution >= 4 is 52.4 Å². The number of unbranched alkanes of at least 4 members (excludes halogenated alkanes) is 3. The molecule has 3 aliphatic heterocycles. The third-order valence-corrected chi connectivity index (χ3v) is 13.0. The molecule has 0 bridgehead atoms. The summed E-state index contributed by atoms with van der Waals surface area (Å²) in [6.07, 6.45) is 5.95. The number of rotatable bonds is 17. The highest BCUT2D eigenvalue weighted by Gasteiger charge is 2.45. The third kappa shape index (κ3) is 10.8. The molecule has 7 rings (SSSR count). The lowest BCUT2D eigenvalue weighted by molar-refractivity contribution is -0.145. The normalized spacial score (nSPS) is 20.5. The maximum atomic E-state index is 14.0. The molecule has 344 valence electrons. The van der Waals surface area contributed by atoms with Crippen LogP contribution < -0.4 is 33.1 Å². The van der Waals surface area contributed by atoms with Crippen molar-refractivity contribution in [1.29, 1.82) is 0 Å². The molecule has 0 saturated carbocycles. The van der Waals surface area contributed by atoms with Crippen molar-refractivity contribution in [3.05, 3.63) is 106 Å². The Morgan fingerprint density at radius 3 is 2.17 bits per heavy atom. The first-order chi connectivity index (χ1) is 31.3. The van der Waals surface area contributed by atoms with Crippen molar-refractivity contribution in [2.75, 3.05) is 13.1 Å². The lowest BCUT2D eigenvalue weighted by Gasteiger charge is -2.37. The molecule has 3 aromatic carbocycles. The van der Waals surface area contributed by atoms with E-state index in [1.807, 2.05) is 78.9 Å². The summed E-state index contributed by atoms with van der Waals surface area (Å²) in [6, 6.07) is 20.0. The molecule has 17 heteroatoms. The Kier molecular flexibility index (Phi) is 14.9. The number of primary amides is 1. The average molecular weight is 890 g/mol. The van der Waals surface area contributed by atoms with Gasteiger partial charge in [-0.1, -0.05) is 79.6 Å². The number of benzene rings is 3. The fourth-order valence-corrected chi connectivity index (χ4v) is 9.51. The predicted octanol–water partition coefficient (Wildman–Crippen LogP) is 2.39. The van der Waals surface area contributed by atoms with E-state index < -0.39 is 59.7 Å². The zero-order chi connectivity index (χ0) is 46.2. The van der Waals surface area contributed by atoms with Gasteiger partial charge in [-0.2, -0.15) is 0 Å². The molecule has 4 aromatic rings. The number of carbonyl (C=O) groups excluding carboxylic acids is 7. The number of hydrogen-bond donors (Lipinski definition) is 5. The standard InChI is InChI=1S/C48H59N9O8/c1-54-39-28-30(18-21-36(39)57(48(54)65)38-23-25-41(59)52-46(38)63)12-6-2-3-11-17-42(60)55-27-26-33-19-22-37(56(33)47(64)34(49)29-55)45(62)51-35(20-24-40(50)58)44(61)53-43(31-13-7-4-8-14-31)32-15-9-5-10-16-32/h4-5,7-10,13-16,18,21,28,33-35,37-38,43H,2-3,6,11-12,17,19-20,22-27,29,49H2,1H3,(H2,50,58)(H,51,62)(H,53,61)(H,52,59,63)/t33-,34+,35+,37+,38?/m1/s1. The molecular weight excluding hydrogens is 831 g/mol. The highest BCUT2D eigenvalue weighted by Crippen LogP contribution is 2.30. The van der Waals surface area contributed by atoms with Crippen LogP contribution in [0.4, 0.5) is 0 Å². The number of nitrogens with one attached hydrogen (secondary N) is 3. The number of amides is 7. The number of carbonyl (C=O) groups is 7. The quantitative estimate of drug-likeness (QED) is 0.0772. The minimum Gasteiger partial charge on any atom is -0.370 e. The minimum absolute atomic E-state index is 0.0233. The van der Waals surface area contributed by atoms with Crippen LogP contribution in [0.3, 0.4) is 0 Å². The molecule has 0 radical (unpaired) electrons. The summed E-state index contributed by atoms with van der Waals surface area (Å²) in [5.41, 5.74) is 15.7. The predicted molar refractivity (Wildman–Crippen MR) is 241 cm³/mol. The van der Waals surface area contributed by atoms with Gasteiger partial charge in [-0.3, -0.25) is 48.0 Å². The molecule has 7 amide bonds. The van der Waals surface area contributed by atoms with Gasteiger partial charge in [0, 0.05) is 45.4 Å². The van der Waals surface area contributed by atoms with Gasteiger partial charge < -0.3 is 31.9 Å². The summed E-state index contributed by atoms with van der Waals surface area (Å²) < 4.78 is 3.00. The van der Waals surface area contributed by atoms with E-state index in [2.05, 4.69) is 16.0 Å². The molecule has 0 spiro atoms. The van der Waals surface area contributed by atoms with E-state index in [1.165, 1.54) is 14.0 Å². The molecule has 3 fully saturated rings. The zero-order valence-corrected chi connectivity index (χ0v) is 36.8. The van der Waals surface area contributed by atoms with Crippen LogP contribution in [0.25, 0.3) is 11.0 Å². The maximum absolute atomic E-state index is 14.0. The first-order valence-corrected chi connectivity index (χ1v) is 22.7. The van der Waals surface area contributed by atoms with Crippen molar-refractivity contribution in [2.24, 2.45) is 18.5 Å². The largest absolute Gasteiger partial charge is 0.370 e. The first-order valence-electron chi connectivity index (χ1n) is 22.7. The number of imide groups is 1. The van der Waals surface area contributed by atoms with Crippen LogP contribution in [0.5, 0.6) is 0 Å². The van der Waals surface area contributed by atoms with E-state index in [1.54, 1.807) is 11.9 Å². The highest BCUT2D eigenvalue weighted by molar-refractivity contribution is 6.00. The van der Waals surface area contributed by atoms with Gasteiger partial charge in [0.1, 0.15) is 24.2 Å². The van der Waals surface area contributed by atoms with E-state index in [-0.39, 0.29) is 55.8 Å². The van der Waals surface area contributed by atoms with Crippen LogP contribution in [-0.2, 0) is 47.0 Å². The molecule has 65 heavy (non-hydrogen) atoms. The molecule has 1 aromatic heterocycles. The average Bonchev–Trinajstić information content (AvgIpc) is 3.83. The summed E-state index contributed by atoms with van der Waals surface area (Å²) in [6.45, 7) is 0.408. The number of imidazole rings is 1. The second kappa shape index (κ2) is 20.9. The van der Waals surface area contributed by atoms with Gasteiger partial charge in [-0.25, -0.2) is 4.79 Å². The first kappa shape index (κ1) is 46.4. The van der Waals surface area contributed by atoms with Gasteiger partial charge in [0.25, 0.3) is 0 Å². The number of aryl methyl sites for hydroxylation is 2. The monoisotopic (exact) mass is 889 g/mol. The van der Waals surface area contributed by atoms with E-state index in [9.17, 15) is 38.4 Å². The van der Waals surface area contributed by atoms with Crippen LogP contribution in [-0.4, -0.2) is 97.5 Å².